The van der Waals surface area contributed by atoms with E-state index in [1.807, 2.05) is 0 Å². The summed E-state index contributed by atoms with van der Waals surface area (Å²) in [7, 11) is -3.81. The van der Waals surface area contributed by atoms with Gasteiger partial charge in [0.2, 0.25) is 0 Å². The molecule has 1 aromatic heterocycles. The highest BCUT2D eigenvalue weighted by molar-refractivity contribution is 7.89. The summed E-state index contributed by atoms with van der Waals surface area (Å²) in [5.74, 6) is -0.155. The van der Waals surface area contributed by atoms with Crippen molar-refractivity contribution in [3.63, 3.8) is 0 Å². The minimum absolute atomic E-state index is 0.0830. The van der Waals surface area contributed by atoms with Crippen LogP contribution in [0.3, 0.4) is 0 Å². The highest BCUT2D eigenvalue weighted by Crippen LogP contribution is 2.10. The van der Waals surface area contributed by atoms with Crippen molar-refractivity contribution >= 4 is 16.0 Å². The fourth-order valence-electron chi connectivity index (χ4n) is 1.27. The van der Waals surface area contributed by atoms with Crippen molar-refractivity contribution in [2.45, 2.75) is 51.3 Å². The quantitative estimate of drug-likeness (QED) is 0.796. The first-order valence-corrected chi connectivity index (χ1v) is 7.26. The number of H-pyrrole nitrogens is 1. The summed E-state index contributed by atoms with van der Waals surface area (Å²) in [4.78, 5) is 18.1. The number of rotatable bonds is 4. The molecule has 0 spiro atoms. The molecule has 0 saturated heterocycles. The third-order valence-corrected chi connectivity index (χ3v) is 3.51. The third kappa shape index (κ3) is 4.64. The lowest BCUT2D eigenvalue weighted by Gasteiger charge is -2.22. The Morgan fingerprint density at radius 2 is 2.05 bits per heavy atom. The van der Waals surface area contributed by atoms with Gasteiger partial charge in [0, 0.05) is 0 Å². The molecule has 19 heavy (non-hydrogen) atoms. The first kappa shape index (κ1) is 15.6. The molecule has 0 radical (unpaired) electrons. The maximum absolute atomic E-state index is 11.9. The molecule has 0 aliphatic heterocycles. The Morgan fingerprint density at radius 3 is 2.47 bits per heavy atom. The third-order valence-electron chi connectivity index (χ3n) is 2.06. The molecule has 0 aliphatic carbocycles. The van der Waals surface area contributed by atoms with E-state index in [1.165, 1.54) is 13.1 Å². The summed E-state index contributed by atoms with van der Waals surface area (Å²) in [6.07, 6.45) is 1.19. The standard InChI is InChI=1S/C11H19N3O4S/c1-7(10(15)18-11(3,4)5)14-19(16,17)9-6-12-8(2)13-9/h6-7,14H,1-5H3,(H,12,13)/t7-/m0/s1. The molecule has 1 atom stereocenters. The number of imidazole rings is 1. The molecule has 8 heteroatoms. The fraction of sp³-hybridized carbons (Fsp3) is 0.636. The van der Waals surface area contributed by atoms with Crippen molar-refractivity contribution < 1.29 is 17.9 Å². The van der Waals surface area contributed by atoms with Crippen LogP contribution in [0.25, 0.3) is 0 Å². The van der Waals surface area contributed by atoms with E-state index < -0.39 is 27.6 Å². The first-order chi connectivity index (χ1) is 8.51. The van der Waals surface area contributed by atoms with Gasteiger partial charge in [-0.15, -0.1) is 0 Å². The Balaban J connectivity index is 2.76. The van der Waals surface area contributed by atoms with Gasteiger partial charge in [-0.2, -0.15) is 4.72 Å². The Labute approximate surface area is 112 Å². The van der Waals surface area contributed by atoms with Gasteiger partial charge in [-0.25, -0.2) is 13.4 Å². The Hall–Kier alpha value is -1.41. The van der Waals surface area contributed by atoms with Crippen molar-refractivity contribution in [1.29, 1.82) is 0 Å². The molecule has 0 aromatic carbocycles. The van der Waals surface area contributed by atoms with Crippen LogP contribution in [-0.4, -0.2) is 36.0 Å². The highest BCUT2D eigenvalue weighted by atomic mass is 32.2. The lowest BCUT2D eigenvalue weighted by atomic mass is 10.2. The highest BCUT2D eigenvalue weighted by Gasteiger charge is 2.27. The number of hydrogen-bond donors (Lipinski definition) is 2. The molecule has 108 valence electrons. The number of nitrogens with one attached hydrogen (secondary N) is 2. The first-order valence-electron chi connectivity index (χ1n) is 5.78. The van der Waals surface area contributed by atoms with E-state index in [4.69, 9.17) is 4.74 Å². The average molecular weight is 289 g/mol. The van der Waals surface area contributed by atoms with Crippen LogP contribution in [0.1, 0.15) is 33.5 Å². The van der Waals surface area contributed by atoms with E-state index >= 15 is 0 Å². The molecule has 2 N–H and O–H groups in total. The van der Waals surface area contributed by atoms with Crippen molar-refractivity contribution in [2.75, 3.05) is 0 Å². The predicted molar refractivity (Wildman–Crippen MR) is 69.0 cm³/mol. The number of aromatic amines is 1. The van der Waals surface area contributed by atoms with Crippen LogP contribution in [0.5, 0.6) is 0 Å². The van der Waals surface area contributed by atoms with E-state index in [0.29, 0.717) is 5.82 Å². The zero-order valence-corrected chi connectivity index (χ0v) is 12.5. The van der Waals surface area contributed by atoms with Crippen molar-refractivity contribution in [1.82, 2.24) is 14.7 Å². The summed E-state index contributed by atoms with van der Waals surface area (Å²) >= 11 is 0. The van der Waals surface area contributed by atoms with E-state index in [9.17, 15) is 13.2 Å². The fourth-order valence-corrected chi connectivity index (χ4v) is 2.43. The lowest BCUT2D eigenvalue weighted by Crippen LogP contribution is -2.42. The molecule has 1 heterocycles. The number of carbonyl (C=O) groups is 1. The summed E-state index contributed by atoms with van der Waals surface area (Å²) in [6, 6.07) is -0.979. The van der Waals surface area contributed by atoms with Gasteiger partial charge in [-0.1, -0.05) is 0 Å². The van der Waals surface area contributed by atoms with E-state index in [1.54, 1.807) is 27.7 Å². The number of nitrogens with zero attached hydrogens (tertiary/aromatic N) is 1. The van der Waals surface area contributed by atoms with Gasteiger partial charge >= 0.3 is 5.97 Å². The maximum atomic E-state index is 11.9. The summed E-state index contributed by atoms with van der Waals surface area (Å²) in [5.41, 5.74) is -0.665. The SMILES string of the molecule is Cc1ncc(S(=O)(=O)N[C@@H](C)C(=O)OC(C)(C)C)[nH]1. The van der Waals surface area contributed by atoms with Crippen LogP contribution in [0, 0.1) is 6.92 Å². The lowest BCUT2D eigenvalue weighted by molar-refractivity contribution is -0.156. The van der Waals surface area contributed by atoms with Crippen molar-refractivity contribution in [3.8, 4) is 0 Å². The predicted octanol–water partition coefficient (Wildman–Crippen LogP) is 0.727. The number of esters is 1. The second-order valence-corrected chi connectivity index (χ2v) is 6.89. The second-order valence-electron chi connectivity index (χ2n) is 5.21. The zero-order chi connectivity index (χ0) is 14.8. The Kier molecular flexibility index (Phi) is 4.36. The molecule has 0 fully saturated rings. The van der Waals surface area contributed by atoms with Gasteiger partial charge in [0.05, 0.1) is 6.20 Å². The summed E-state index contributed by atoms with van der Waals surface area (Å²) in [6.45, 7) is 8.20. The van der Waals surface area contributed by atoms with Gasteiger partial charge in [0.25, 0.3) is 10.0 Å². The monoisotopic (exact) mass is 289 g/mol. The summed E-state index contributed by atoms with van der Waals surface area (Å²) < 4.78 is 31.2. The zero-order valence-electron chi connectivity index (χ0n) is 11.6. The van der Waals surface area contributed by atoms with Crippen molar-refractivity contribution in [2.24, 2.45) is 0 Å². The van der Waals surface area contributed by atoms with Crippen molar-refractivity contribution in [3.05, 3.63) is 12.0 Å². The number of aryl methyl sites for hydroxylation is 1. The number of ether oxygens (including phenoxy) is 1. The molecule has 0 unspecified atom stereocenters. The van der Waals surface area contributed by atoms with Crippen LogP contribution in [0.2, 0.25) is 0 Å². The molecule has 1 rings (SSSR count). The van der Waals surface area contributed by atoms with E-state index in [0.717, 1.165) is 0 Å². The molecule has 1 aromatic rings. The number of hydrogen-bond acceptors (Lipinski definition) is 5. The van der Waals surface area contributed by atoms with Gasteiger partial charge in [0.1, 0.15) is 17.5 Å². The Bertz CT molecular complexity index is 557. The molecule has 0 saturated carbocycles. The van der Waals surface area contributed by atoms with Gasteiger partial charge in [-0.3, -0.25) is 4.79 Å². The normalized spacial score (nSPS) is 14.2. The van der Waals surface area contributed by atoms with Gasteiger partial charge in [0.15, 0.2) is 5.03 Å². The number of carbonyl (C=O) groups excluding carboxylic acids is 1. The molecule has 0 amide bonds. The van der Waals surface area contributed by atoms with Crippen LogP contribution in [0.15, 0.2) is 11.2 Å². The second kappa shape index (κ2) is 5.30. The van der Waals surface area contributed by atoms with E-state index in [-0.39, 0.29) is 5.03 Å². The topological polar surface area (TPSA) is 101 Å². The van der Waals surface area contributed by atoms with Crippen LogP contribution in [0.4, 0.5) is 0 Å². The minimum Gasteiger partial charge on any atom is -0.459 e. The molecular formula is C11H19N3O4S. The Morgan fingerprint density at radius 1 is 1.47 bits per heavy atom. The van der Waals surface area contributed by atoms with Crippen LogP contribution >= 0.6 is 0 Å². The minimum atomic E-state index is -3.81. The maximum Gasteiger partial charge on any atom is 0.324 e. The molecular weight excluding hydrogens is 270 g/mol. The summed E-state index contributed by atoms with van der Waals surface area (Å²) in [5, 5.41) is -0.0830. The smallest absolute Gasteiger partial charge is 0.324 e. The number of sulfonamides is 1. The number of aromatic nitrogens is 2. The van der Waals surface area contributed by atoms with Gasteiger partial charge in [-0.05, 0) is 34.6 Å². The van der Waals surface area contributed by atoms with Crippen LogP contribution < -0.4 is 4.72 Å². The molecule has 0 bridgehead atoms. The average Bonchev–Trinajstić information content (AvgIpc) is 2.62. The molecule has 0 aliphatic rings. The van der Waals surface area contributed by atoms with Gasteiger partial charge < -0.3 is 9.72 Å². The van der Waals surface area contributed by atoms with E-state index in [2.05, 4.69) is 14.7 Å². The van der Waals surface area contributed by atoms with Crippen LogP contribution in [-0.2, 0) is 19.6 Å². The molecule has 7 nitrogen and oxygen atoms in total. The largest absolute Gasteiger partial charge is 0.459 e.